The first-order valence-electron chi connectivity index (χ1n) is 8.25. The zero-order chi connectivity index (χ0) is 13.3. The fourth-order valence-electron chi connectivity index (χ4n) is 2.04. The number of rotatable bonds is 14. The molecule has 0 atom stereocenters. The normalized spacial score (nSPS) is 11.4. The van der Waals surface area contributed by atoms with Crippen LogP contribution in [0.25, 0.3) is 0 Å². The van der Waals surface area contributed by atoms with Gasteiger partial charge in [-0.3, -0.25) is 0 Å². The lowest BCUT2D eigenvalue weighted by Gasteiger charge is -2.00. The van der Waals surface area contributed by atoms with Crippen LogP contribution in [0.5, 0.6) is 0 Å². The maximum absolute atomic E-state index is 4.20. The highest BCUT2D eigenvalue weighted by Gasteiger charge is 1.92. The Balaban J connectivity index is 2.96. The van der Waals surface area contributed by atoms with Crippen molar-refractivity contribution in [3.8, 4) is 0 Å². The van der Waals surface area contributed by atoms with Crippen molar-refractivity contribution >= 4 is 0 Å². The van der Waals surface area contributed by atoms with Gasteiger partial charge in [0.25, 0.3) is 0 Å². The molecule has 0 heterocycles. The van der Waals surface area contributed by atoms with Crippen LogP contribution in [0.2, 0.25) is 0 Å². The monoisotopic (exact) mass is 254 g/mol. The highest BCUT2D eigenvalue weighted by Crippen LogP contribution is 2.10. The van der Waals surface area contributed by atoms with E-state index in [1.165, 1.54) is 77.0 Å². The lowest BCUT2D eigenvalue weighted by Crippen LogP contribution is -1.84. The van der Waals surface area contributed by atoms with E-state index >= 15 is 0 Å². The Kier molecular flexibility index (Phi) is 16.2. The first kappa shape index (κ1) is 17.6. The Morgan fingerprint density at radius 1 is 0.444 bits per heavy atom. The first-order valence-corrected chi connectivity index (χ1v) is 8.25. The molecule has 108 valence electrons. The molecule has 0 fully saturated rings. The van der Waals surface area contributed by atoms with Gasteiger partial charge >= 0.3 is 0 Å². The fraction of sp³-hybridized carbons (Fsp3) is 1.00. The van der Waals surface area contributed by atoms with Crippen LogP contribution in [0.1, 0.15) is 90.9 Å². The third kappa shape index (κ3) is 15.6. The lowest BCUT2D eigenvalue weighted by atomic mass is 10.1. The molecule has 0 aromatic rings. The molecule has 2 heteroatoms. The fourth-order valence-corrected chi connectivity index (χ4v) is 2.04. The van der Waals surface area contributed by atoms with Gasteiger partial charge in [0.15, 0.2) is 0 Å². The third-order valence-corrected chi connectivity index (χ3v) is 3.32. The van der Waals surface area contributed by atoms with Crippen molar-refractivity contribution in [3.63, 3.8) is 0 Å². The van der Waals surface area contributed by atoms with Gasteiger partial charge in [0.1, 0.15) is 0 Å². The molecule has 0 bridgehead atoms. The topological polar surface area (TPSA) is 24.7 Å². The van der Waals surface area contributed by atoms with Gasteiger partial charge in [-0.25, -0.2) is 0 Å². The van der Waals surface area contributed by atoms with Gasteiger partial charge in [0, 0.05) is 0 Å². The predicted molar refractivity (Wildman–Crippen MR) is 81.3 cm³/mol. The van der Waals surface area contributed by atoms with E-state index in [2.05, 4.69) is 24.1 Å². The zero-order valence-corrected chi connectivity index (χ0v) is 12.8. The van der Waals surface area contributed by atoms with E-state index in [0.717, 1.165) is 13.1 Å². The van der Waals surface area contributed by atoms with Crippen LogP contribution in [0.4, 0.5) is 0 Å². The van der Waals surface area contributed by atoms with Crippen LogP contribution in [-0.2, 0) is 0 Å². The summed E-state index contributed by atoms with van der Waals surface area (Å²) < 4.78 is 0. The molecule has 0 aliphatic heterocycles. The minimum absolute atomic E-state index is 0.925. The van der Waals surface area contributed by atoms with Crippen LogP contribution in [0.3, 0.4) is 0 Å². The summed E-state index contributed by atoms with van der Waals surface area (Å²) >= 11 is 0. The van der Waals surface area contributed by atoms with E-state index in [4.69, 9.17) is 0 Å². The van der Waals surface area contributed by atoms with Gasteiger partial charge in [-0.1, -0.05) is 78.1 Å². The Morgan fingerprint density at radius 2 is 0.833 bits per heavy atom. The number of azo groups is 1. The predicted octanol–water partition coefficient (Wildman–Crippen LogP) is 6.16. The van der Waals surface area contributed by atoms with Crippen molar-refractivity contribution in [3.05, 3.63) is 0 Å². The minimum atomic E-state index is 0.925. The number of hydrogen-bond acceptors (Lipinski definition) is 2. The van der Waals surface area contributed by atoms with E-state index in [-0.39, 0.29) is 0 Å². The molecule has 0 radical (unpaired) electrons. The molecule has 0 saturated carbocycles. The molecule has 0 aromatic carbocycles. The maximum Gasteiger partial charge on any atom is 0.0598 e. The zero-order valence-electron chi connectivity index (χ0n) is 12.8. The second-order valence-electron chi connectivity index (χ2n) is 5.27. The third-order valence-electron chi connectivity index (χ3n) is 3.32. The molecule has 0 spiro atoms. The van der Waals surface area contributed by atoms with Crippen molar-refractivity contribution in [2.45, 2.75) is 90.9 Å². The molecule has 0 amide bonds. The highest BCUT2D eigenvalue weighted by atomic mass is 15.1. The van der Waals surface area contributed by atoms with E-state index < -0.39 is 0 Å². The van der Waals surface area contributed by atoms with Gasteiger partial charge in [0.05, 0.1) is 13.1 Å². The SMILES string of the molecule is CCCCCCCCCCCCN=NCCCC. The van der Waals surface area contributed by atoms with Crippen LogP contribution < -0.4 is 0 Å². The van der Waals surface area contributed by atoms with Crippen molar-refractivity contribution < 1.29 is 0 Å². The summed E-state index contributed by atoms with van der Waals surface area (Å²) in [5.74, 6) is 0. The lowest BCUT2D eigenvalue weighted by molar-refractivity contribution is 0.556. The summed E-state index contributed by atoms with van der Waals surface area (Å²) in [5, 5.41) is 8.36. The van der Waals surface area contributed by atoms with E-state index in [0.29, 0.717) is 0 Å². The van der Waals surface area contributed by atoms with Crippen LogP contribution in [0.15, 0.2) is 10.2 Å². The van der Waals surface area contributed by atoms with Crippen molar-refractivity contribution in [2.75, 3.05) is 13.1 Å². The summed E-state index contributed by atoms with van der Waals surface area (Å²) in [6.45, 7) is 6.34. The number of hydrogen-bond donors (Lipinski definition) is 0. The molecular formula is C16H34N2. The molecular weight excluding hydrogens is 220 g/mol. The second-order valence-corrected chi connectivity index (χ2v) is 5.27. The van der Waals surface area contributed by atoms with E-state index in [1.54, 1.807) is 0 Å². The average molecular weight is 254 g/mol. The van der Waals surface area contributed by atoms with Gasteiger partial charge in [-0.05, 0) is 12.8 Å². The molecule has 0 aromatic heterocycles. The number of nitrogens with zero attached hydrogens (tertiary/aromatic N) is 2. The quantitative estimate of drug-likeness (QED) is 0.262. The molecule has 18 heavy (non-hydrogen) atoms. The Morgan fingerprint density at radius 3 is 1.33 bits per heavy atom. The van der Waals surface area contributed by atoms with Crippen LogP contribution in [-0.4, -0.2) is 13.1 Å². The molecule has 0 saturated heterocycles. The summed E-state index contributed by atoms with van der Waals surface area (Å²) in [6.07, 6.45) is 16.3. The Labute approximate surface area is 115 Å². The van der Waals surface area contributed by atoms with Gasteiger partial charge in [0.2, 0.25) is 0 Å². The smallest absolute Gasteiger partial charge is 0.0598 e. The summed E-state index contributed by atoms with van der Waals surface area (Å²) in [5.41, 5.74) is 0. The highest BCUT2D eigenvalue weighted by molar-refractivity contribution is 4.49. The van der Waals surface area contributed by atoms with E-state index in [9.17, 15) is 0 Å². The Bertz CT molecular complexity index is 166. The summed E-state index contributed by atoms with van der Waals surface area (Å²) in [6, 6.07) is 0. The molecule has 0 rings (SSSR count). The van der Waals surface area contributed by atoms with Gasteiger partial charge < -0.3 is 0 Å². The Hall–Kier alpha value is -0.400. The van der Waals surface area contributed by atoms with Gasteiger partial charge in [-0.15, -0.1) is 0 Å². The van der Waals surface area contributed by atoms with Crippen molar-refractivity contribution in [1.82, 2.24) is 0 Å². The average Bonchev–Trinajstić information content (AvgIpc) is 2.39. The molecule has 0 unspecified atom stereocenters. The first-order chi connectivity index (χ1) is 8.91. The number of unbranched alkanes of at least 4 members (excludes halogenated alkanes) is 10. The molecule has 0 aliphatic rings. The van der Waals surface area contributed by atoms with Crippen molar-refractivity contribution in [1.29, 1.82) is 0 Å². The van der Waals surface area contributed by atoms with Crippen LogP contribution >= 0.6 is 0 Å². The largest absolute Gasteiger partial charge is 0.194 e. The molecule has 0 aliphatic carbocycles. The van der Waals surface area contributed by atoms with E-state index in [1.807, 2.05) is 0 Å². The second kappa shape index (κ2) is 16.6. The minimum Gasteiger partial charge on any atom is -0.194 e. The maximum atomic E-state index is 4.20. The van der Waals surface area contributed by atoms with Crippen LogP contribution in [0, 0.1) is 0 Å². The van der Waals surface area contributed by atoms with Gasteiger partial charge in [-0.2, -0.15) is 10.2 Å². The summed E-state index contributed by atoms with van der Waals surface area (Å²) in [4.78, 5) is 0. The van der Waals surface area contributed by atoms with Crippen molar-refractivity contribution in [2.24, 2.45) is 10.2 Å². The molecule has 2 nitrogen and oxygen atoms in total. The standard InChI is InChI=1S/C16H34N2/c1-3-5-7-8-9-10-11-12-13-14-16-18-17-15-6-4-2/h3-16H2,1-2H3. The molecule has 0 N–H and O–H groups in total. The summed E-state index contributed by atoms with van der Waals surface area (Å²) in [7, 11) is 0.